The van der Waals surface area contributed by atoms with E-state index in [0.717, 1.165) is 22.8 Å². The Morgan fingerprint density at radius 2 is 1.50 bits per heavy atom. The summed E-state index contributed by atoms with van der Waals surface area (Å²) in [6.45, 7) is 3.88. The van der Waals surface area contributed by atoms with Crippen LogP contribution in [0.4, 0.5) is 5.69 Å². The average molecular weight is 188 g/mol. The van der Waals surface area contributed by atoms with E-state index in [1.165, 1.54) is 0 Å². The number of nitrogens with two attached hydrogens (primary N) is 1. The van der Waals surface area contributed by atoms with E-state index >= 15 is 0 Å². The summed E-state index contributed by atoms with van der Waals surface area (Å²) in [5.74, 6) is 0. The largest absolute Gasteiger partial charge is 0.399 e. The summed E-state index contributed by atoms with van der Waals surface area (Å²) in [6, 6.07) is 7.47. The van der Waals surface area contributed by atoms with Crippen LogP contribution in [0.25, 0.3) is 5.69 Å². The Labute approximate surface area is 82.4 Å². The third kappa shape index (κ3) is 1.46. The number of aromatic nitrogens is 3. The molecule has 0 amide bonds. The summed E-state index contributed by atoms with van der Waals surface area (Å²) in [5.41, 5.74) is 9.15. The fourth-order valence-corrected chi connectivity index (χ4v) is 1.17. The third-order valence-corrected chi connectivity index (χ3v) is 2.14. The first-order valence-electron chi connectivity index (χ1n) is 4.43. The van der Waals surface area contributed by atoms with Crippen LogP contribution in [0.3, 0.4) is 0 Å². The SMILES string of the molecule is Cc1nn(-c2ccc(N)cc2)nc1C. The van der Waals surface area contributed by atoms with Crippen LogP contribution in [-0.2, 0) is 0 Å². The van der Waals surface area contributed by atoms with E-state index in [1.807, 2.05) is 38.1 Å². The van der Waals surface area contributed by atoms with Crippen LogP contribution in [0.5, 0.6) is 0 Å². The Morgan fingerprint density at radius 3 is 2.00 bits per heavy atom. The van der Waals surface area contributed by atoms with Crippen molar-refractivity contribution in [3.05, 3.63) is 35.7 Å². The zero-order valence-electron chi connectivity index (χ0n) is 8.23. The normalized spacial score (nSPS) is 10.4. The molecule has 14 heavy (non-hydrogen) atoms. The van der Waals surface area contributed by atoms with Crippen molar-refractivity contribution in [2.45, 2.75) is 13.8 Å². The van der Waals surface area contributed by atoms with Crippen LogP contribution in [0.2, 0.25) is 0 Å². The molecule has 0 atom stereocenters. The second kappa shape index (κ2) is 3.14. The molecule has 72 valence electrons. The van der Waals surface area contributed by atoms with Crippen LogP contribution in [-0.4, -0.2) is 15.0 Å². The molecule has 0 bridgehead atoms. The van der Waals surface area contributed by atoms with E-state index in [9.17, 15) is 0 Å². The fourth-order valence-electron chi connectivity index (χ4n) is 1.17. The van der Waals surface area contributed by atoms with Crippen LogP contribution in [0.1, 0.15) is 11.4 Å². The van der Waals surface area contributed by atoms with Gasteiger partial charge in [0.25, 0.3) is 0 Å². The fraction of sp³-hybridized carbons (Fsp3) is 0.200. The van der Waals surface area contributed by atoms with Crippen LogP contribution >= 0.6 is 0 Å². The van der Waals surface area contributed by atoms with Gasteiger partial charge in [-0.25, -0.2) is 0 Å². The number of aryl methyl sites for hydroxylation is 2. The number of nitrogens with zero attached hydrogens (tertiary/aromatic N) is 3. The molecule has 0 saturated carbocycles. The van der Waals surface area contributed by atoms with Crippen molar-refractivity contribution >= 4 is 5.69 Å². The van der Waals surface area contributed by atoms with Gasteiger partial charge in [-0.3, -0.25) is 0 Å². The summed E-state index contributed by atoms with van der Waals surface area (Å²) in [6.07, 6.45) is 0. The summed E-state index contributed by atoms with van der Waals surface area (Å²) in [4.78, 5) is 1.62. The first-order valence-corrected chi connectivity index (χ1v) is 4.43. The zero-order valence-corrected chi connectivity index (χ0v) is 8.23. The van der Waals surface area contributed by atoms with Crippen LogP contribution in [0, 0.1) is 13.8 Å². The quantitative estimate of drug-likeness (QED) is 0.689. The lowest BCUT2D eigenvalue weighted by Gasteiger charge is -1.98. The maximum Gasteiger partial charge on any atom is 0.0858 e. The lowest BCUT2D eigenvalue weighted by molar-refractivity contribution is 0.741. The number of rotatable bonds is 1. The Kier molecular flexibility index (Phi) is 1.96. The van der Waals surface area contributed by atoms with Gasteiger partial charge in [0, 0.05) is 5.69 Å². The van der Waals surface area contributed by atoms with Gasteiger partial charge < -0.3 is 5.73 Å². The number of nitrogen functional groups attached to an aromatic ring is 1. The van der Waals surface area contributed by atoms with Crippen molar-refractivity contribution in [2.24, 2.45) is 0 Å². The number of anilines is 1. The molecular formula is C10H12N4. The molecule has 0 unspecified atom stereocenters. The first kappa shape index (κ1) is 8.74. The van der Waals surface area contributed by atoms with Gasteiger partial charge in [0.2, 0.25) is 0 Å². The molecule has 4 nitrogen and oxygen atoms in total. The molecule has 1 heterocycles. The summed E-state index contributed by atoms with van der Waals surface area (Å²) < 4.78 is 0. The molecule has 2 N–H and O–H groups in total. The highest BCUT2D eigenvalue weighted by Crippen LogP contribution is 2.10. The Hall–Kier alpha value is -1.84. The molecule has 0 saturated heterocycles. The summed E-state index contributed by atoms with van der Waals surface area (Å²) in [7, 11) is 0. The van der Waals surface area contributed by atoms with Gasteiger partial charge in [0.15, 0.2) is 0 Å². The molecule has 2 rings (SSSR count). The van der Waals surface area contributed by atoms with Crippen LogP contribution < -0.4 is 5.73 Å². The van der Waals surface area contributed by atoms with E-state index in [4.69, 9.17) is 5.73 Å². The highest BCUT2D eigenvalue weighted by atomic mass is 15.5. The highest BCUT2D eigenvalue weighted by molar-refractivity contribution is 5.44. The molecule has 0 spiro atoms. The van der Waals surface area contributed by atoms with Crippen molar-refractivity contribution < 1.29 is 0 Å². The van der Waals surface area contributed by atoms with E-state index < -0.39 is 0 Å². The minimum atomic E-state index is 0.745. The van der Waals surface area contributed by atoms with Gasteiger partial charge in [-0.2, -0.15) is 15.0 Å². The molecular weight excluding hydrogens is 176 g/mol. The van der Waals surface area contributed by atoms with Gasteiger partial charge in [-0.1, -0.05) is 0 Å². The van der Waals surface area contributed by atoms with E-state index in [-0.39, 0.29) is 0 Å². The molecule has 1 aromatic heterocycles. The number of hydrogen-bond acceptors (Lipinski definition) is 3. The molecule has 0 aliphatic carbocycles. The zero-order chi connectivity index (χ0) is 10.1. The molecule has 1 aromatic carbocycles. The molecule has 2 aromatic rings. The van der Waals surface area contributed by atoms with Gasteiger partial charge in [0.05, 0.1) is 17.1 Å². The van der Waals surface area contributed by atoms with Gasteiger partial charge in [-0.05, 0) is 38.1 Å². The lowest BCUT2D eigenvalue weighted by Crippen LogP contribution is -1.99. The van der Waals surface area contributed by atoms with Crippen molar-refractivity contribution in [1.29, 1.82) is 0 Å². The Morgan fingerprint density at radius 1 is 1.00 bits per heavy atom. The van der Waals surface area contributed by atoms with Gasteiger partial charge >= 0.3 is 0 Å². The maximum atomic E-state index is 5.59. The molecule has 0 radical (unpaired) electrons. The molecule has 0 aliphatic heterocycles. The lowest BCUT2D eigenvalue weighted by atomic mass is 10.3. The van der Waals surface area contributed by atoms with Crippen molar-refractivity contribution in [1.82, 2.24) is 15.0 Å². The Bertz CT molecular complexity index is 422. The molecule has 0 aliphatic rings. The predicted molar refractivity (Wildman–Crippen MR) is 55.2 cm³/mol. The third-order valence-electron chi connectivity index (χ3n) is 2.14. The molecule has 0 fully saturated rings. The van der Waals surface area contributed by atoms with Crippen LogP contribution in [0.15, 0.2) is 24.3 Å². The van der Waals surface area contributed by atoms with Crippen molar-refractivity contribution in [3.8, 4) is 5.69 Å². The second-order valence-corrected chi connectivity index (χ2v) is 3.25. The second-order valence-electron chi connectivity index (χ2n) is 3.25. The van der Waals surface area contributed by atoms with Crippen molar-refractivity contribution in [3.63, 3.8) is 0 Å². The monoisotopic (exact) mass is 188 g/mol. The first-order chi connectivity index (χ1) is 6.66. The predicted octanol–water partition coefficient (Wildman–Crippen LogP) is 1.47. The molecule has 4 heteroatoms. The minimum Gasteiger partial charge on any atom is -0.399 e. The topological polar surface area (TPSA) is 56.7 Å². The number of hydrogen-bond donors (Lipinski definition) is 1. The van der Waals surface area contributed by atoms with Crippen molar-refractivity contribution in [2.75, 3.05) is 5.73 Å². The maximum absolute atomic E-state index is 5.59. The highest BCUT2D eigenvalue weighted by Gasteiger charge is 2.03. The Balaban J connectivity index is 2.44. The summed E-state index contributed by atoms with van der Waals surface area (Å²) >= 11 is 0. The van der Waals surface area contributed by atoms with Gasteiger partial charge in [-0.15, -0.1) is 0 Å². The van der Waals surface area contributed by atoms with Gasteiger partial charge in [0.1, 0.15) is 0 Å². The minimum absolute atomic E-state index is 0.745. The summed E-state index contributed by atoms with van der Waals surface area (Å²) in [5, 5.41) is 8.55. The number of benzene rings is 1. The van der Waals surface area contributed by atoms with E-state index in [2.05, 4.69) is 10.2 Å². The van der Waals surface area contributed by atoms with E-state index in [1.54, 1.807) is 4.80 Å². The average Bonchev–Trinajstić information content (AvgIpc) is 2.48. The standard InChI is InChI=1S/C10H12N4/c1-7-8(2)13-14(12-7)10-5-3-9(11)4-6-10/h3-6H,11H2,1-2H3. The van der Waals surface area contributed by atoms with E-state index in [0.29, 0.717) is 0 Å². The smallest absolute Gasteiger partial charge is 0.0858 e.